The van der Waals surface area contributed by atoms with Crippen LogP contribution in [0.25, 0.3) is 0 Å². The first-order valence-corrected chi connectivity index (χ1v) is 6.86. The second kappa shape index (κ2) is 6.21. The molecule has 112 valence electrons. The Morgan fingerprint density at radius 1 is 1.29 bits per heavy atom. The summed E-state index contributed by atoms with van der Waals surface area (Å²) in [6, 6.07) is 6.54. The van der Waals surface area contributed by atoms with Gasteiger partial charge < -0.3 is 5.32 Å². The van der Waals surface area contributed by atoms with Crippen LogP contribution in [0.4, 0.5) is 18.9 Å². The number of nitrogens with one attached hydrogen (secondary N) is 1. The molecule has 0 radical (unpaired) electrons. The van der Waals surface area contributed by atoms with Gasteiger partial charge in [-0.05, 0) is 31.0 Å². The Hall–Kier alpha value is -1.96. The van der Waals surface area contributed by atoms with E-state index in [0.29, 0.717) is 24.1 Å². The van der Waals surface area contributed by atoms with Crippen molar-refractivity contribution in [2.24, 2.45) is 11.8 Å². The molecule has 2 rings (SSSR count). The highest BCUT2D eigenvalue weighted by molar-refractivity contribution is 5.93. The number of carbonyl (C=O) groups is 1. The van der Waals surface area contributed by atoms with Gasteiger partial charge in [-0.3, -0.25) is 4.79 Å². The van der Waals surface area contributed by atoms with Crippen molar-refractivity contribution < 1.29 is 18.0 Å². The molecule has 2 unspecified atom stereocenters. The van der Waals surface area contributed by atoms with Crippen LogP contribution in [0.2, 0.25) is 0 Å². The van der Waals surface area contributed by atoms with Crippen molar-refractivity contribution in [1.82, 2.24) is 0 Å². The number of terminal acetylenes is 1. The van der Waals surface area contributed by atoms with E-state index in [0.717, 1.165) is 0 Å². The number of hydrogen-bond donors (Lipinski definition) is 1. The molecule has 1 N–H and O–H groups in total. The molecule has 1 amide bonds. The van der Waals surface area contributed by atoms with E-state index >= 15 is 0 Å². The molecule has 0 saturated heterocycles. The van der Waals surface area contributed by atoms with Crippen molar-refractivity contribution in [3.05, 3.63) is 29.8 Å². The van der Waals surface area contributed by atoms with Crippen LogP contribution in [0.5, 0.6) is 0 Å². The van der Waals surface area contributed by atoms with Gasteiger partial charge in [-0.2, -0.15) is 13.2 Å². The van der Waals surface area contributed by atoms with Gasteiger partial charge in [-0.15, -0.1) is 6.42 Å². The van der Waals surface area contributed by atoms with Gasteiger partial charge in [-0.1, -0.05) is 24.8 Å². The third-order valence-electron chi connectivity index (χ3n) is 3.82. The van der Waals surface area contributed by atoms with Crippen molar-refractivity contribution in [1.29, 1.82) is 0 Å². The summed E-state index contributed by atoms with van der Waals surface area (Å²) in [4.78, 5) is 12.2. The number of rotatable bonds is 2. The molecule has 1 aliphatic carbocycles. The number of amides is 1. The molecule has 1 aromatic rings. The maximum Gasteiger partial charge on any atom is 0.392 e. The van der Waals surface area contributed by atoms with Gasteiger partial charge in [0, 0.05) is 17.2 Å². The van der Waals surface area contributed by atoms with Gasteiger partial charge in [0.1, 0.15) is 0 Å². The van der Waals surface area contributed by atoms with Gasteiger partial charge in [0.25, 0.3) is 0 Å². The molecule has 0 heterocycles. The molecule has 5 heteroatoms. The highest BCUT2D eigenvalue weighted by Crippen LogP contribution is 2.41. The topological polar surface area (TPSA) is 29.1 Å². The third-order valence-corrected chi connectivity index (χ3v) is 3.82. The van der Waals surface area contributed by atoms with Crippen LogP contribution in [0.1, 0.15) is 31.2 Å². The van der Waals surface area contributed by atoms with E-state index in [4.69, 9.17) is 6.42 Å². The molecule has 1 fully saturated rings. The Bertz CT molecular complexity index is 559. The Morgan fingerprint density at radius 3 is 2.67 bits per heavy atom. The van der Waals surface area contributed by atoms with Crippen LogP contribution in [-0.4, -0.2) is 12.1 Å². The maximum atomic E-state index is 13.0. The standard InChI is InChI=1S/C16H16F3NO/c1-2-11-6-5-7-12(10-11)20-15(21)13-8-3-4-9-14(13)16(17,18)19/h1,5-7,10,13-14H,3-4,8-9H2,(H,20,21). The summed E-state index contributed by atoms with van der Waals surface area (Å²) < 4.78 is 39.0. The fraction of sp³-hybridized carbons (Fsp3) is 0.438. The van der Waals surface area contributed by atoms with Crippen molar-refractivity contribution >= 4 is 11.6 Å². The smallest absolute Gasteiger partial charge is 0.326 e. The first-order chi connectivity index (χ1) is 9.91. The fourth-order valence-electron chi connectivity index (χ4n) is 2.76. The molecule has 0 aliphatic heterocycles. The molecule has 0 spiro atoms. The van der Waals surface area contributed by atoms with Crippen molar-refractivity contribution in [3.63, 3.8) is 0 Å². The summed E-state index contributed by atoms with van der Waals surface area (Å²) >= 11 is 0. The molecule has 1 saturated carbocycles. The van der Waals surface area contributed by atoms with Crippen LogP contribution in [0, 0.1) is 24.2 Å². The quantitative estimate of drug-likeness (QED) is 0.822. The van der Waals surface area contributed by atoms with Gasteiger partial charge in [0.2, 0.25) is 5.91 Å². The zero-order chi connectivity index (χ0) is 15.5. The second-order valence-electron chi connectivity index (χ2n) is 5.25. The predicted octanol–water partition coefficient (Wildman–Crippen LogP) is 3.98. The van der Waals surface area contributed by atoms with E-state index < -0.39 is 23.9 Å². The first kappa shape index (κ1) is 15.4. The molecule has 1 aliphatic rings. The molecule has 1 aromatic carbocycles. The molecule has 0 aromatic heterocycles. The van der Waals surface area contributed by atoms with Crippen LogP contribution >= 0.6 is 0 Å². The summed E-state index contributed by atoms with van der Waals surface area (Å²) in [5, 5.41) is 2.55. The number of carbonyl (C=O) groups excluding carboxylic acids is 1. The van der Waals surface area contributed by atoms with E-state index in [1.165, 1.54) is 0 Å². The summed E-state index contributed by atoms with van der Waals surface area (Å²) in [5.41, 5.74) is 1.01. The Labute approximate surface area is 121 Å². The Balaban J connectivity index is 2.12. The van der Waals surface area contributed by atoms with Gasteiger partial charge in [0.05, 0.1) is 5.92 Å². The van der Waals surface area contributed by atoms with E-state index in [1.54, 1.807) is 24.3 Å². The van der Waals surface area contributed by atoms with E-state index in [-0.39, 0.29) is 12.8 Å². The number of alkyl halides is 3. The molecule has 0 bridgehead atoms. The molecule has 21 heavy (non-hydrogen) atoms. The largest absolute Gasteiger partial charge is 0.392 e. The Morgan fingerprint density at radius 2 is 2.00 bits per heavy atom. The average Bonchev–Trinajstić information content (AvgIpc) is 2.46. The summed E-state index contributed by atoms with van der Waals surface area (Å²) in [6.45, 7) is 0. The zero-order valence-electron chi connectivity index (χ0n) is 11.4. The van der Waals surface area contributed by atoms with E-state index in [2.05, 4.69) is 11.2 Å². The zero-order valence-corrected chi connectivity index (χ0v) is 11.4. The average molecular weight is 295 g/mol. The predicted molar refractivity (Wildman–Crippen MR) is 74.5 cm³/mol. The van der Waals surface area contributed by atoms with Crippen molar-refractivity contribution in [2.75, 3.05) is 5.32 Å². The minimum absolute atomic E-state index is 0.0198. The summed E-state index contributed by atoms with van der Waals surface area (Å²) in [7, 11) is 0. The summed E-state index contributed by atoms with van der Waals surface area (Å²) in [6.07, 6.45) is 2.38. The number of hydrogen-bond acceptors (Lipinski definition) is 1. The van der Waals surface area contributed by atoms with Crippen LogP contribution < -0.4 is 5.32 Å². The summed E-state index contributed by atoms with van der Waals surface area (Å²) in [5.74, 6) is -0.730. The second-order valence-corrected chi connectivity index (χ2v) is 5.25. The normalized spacial score (nSPS) is 22.4. The monoisotopic (exact) mass is 295 g/mol. The lowest BCUT2D eigenvalue weighted by atomic mass is 9.78. The lowest BCUT2D eigenvalue weighted by Gasteiger charge is -2.32. The van der Waals surface area contributed by atoms with Gasteiger partial charge >= 0.3 is 6.18 Å². The van der Waals surface area contributed by atoms with Crippen LogP contribution in [-0.2, 0) is 4.79 Å². The van der Waals surface area contributed by atoms with E-state index in [1.807, 2.05) is 0 Å². The lowest BCUT2D eigenvalue weighted by Crippen LogP contribution is -2.39. The van der Waals surface area contributed by atoms with Crippen LogP contribution in [0.15, 0.2) is 24.3 Å². The third kappa shape index (κ3) is 3.78. The molecular formula is C16H16F3NO. The minimum atomic E-state index is -4.33. The SMILES string of the molecule is C#Cc1cccc(NC(=O)C2CCCCC2C(F)(F)F)c1. The maximum absolute atomic E-state index is 13.0. The molecule has 2 nitrogen and oxygen atoms in total. The van der Waals surface area contributed by atoms with Crippen molar-refractivity contribution in [3.8, 4) is 12.3 Å². The minimum Gasteiger partial charge on any atom is -0.326 e. The Kier molecular flexibility index (Phi) is 4.56. The highest BCUT2D eigenvalue weighted by atomic mass is 19.4. The lowest BCUT2D eigenvalue weighted by molar-refractivity contribution is -0.197. The van der Waals surface area contributed by atoms with Gasteiger partial charge in [-0.25, -0.2) is 0 Å². The molecule has 2 atom stereocenters. The van der Waals surface area contributed by atoms with E-state index in [9.17, 15) is 18.0 Å². The van der Waals surface area contributed by atoms with Crippen molar-refractivity contribution in [2.45, 2.75) is 31.9 Å². The molecular weight excluding hydrogens is 279 g/mol. The van der Waals surface area contributed by atoms with Gasteiger partial charge in [0.15, 0.2) is 0 Å². The first-order valence-electron chi connectivity index (χ1n) is 6.86. The highest BCUT2D eigenvalue weighted by Gasteiger charge is 2.47. The number of anilines is 1. The van der Waals surface area contributed by atoms with Crippen LogP contribution in [0.3, 0.4) is 0 Å². The number of benzene rings is 1. The fourth-order valence-corrected chi connectivity index (χ4v) is 2.76. The number of halogens is 3.